The summed E-state index contributed by atoms with van der Waals surface area (Å²) in [6, 6.07) is 38.4. The summed E-state index contributed by atoms with van der Waals surface area (Å²) in [6.45, 7) is 4.77. The average molecular weight is 494 g/mol. The van der Waals surface area contributed by atoms with Gasteiger partial charge in [0.15, 0.2) is 0 Å². The Balaban J connectivity index is 1.23. The molecule has 0 bridgehead atoms. The Bertz CT molecular complexity index is 1630. The largest absolute Gasteiger partial charge is 0.356 e. The topological polar surface area (TPSA) is 12.0 Å². The Hall–Kier alpha value is -3.84. The summed E-state index contributed by atoms with van der Waals surface area (Å²) in [5.74, 6) is 0.744. The molecule has 2 aliphatic carbocycles. The zero-order valence-corrected chi connectivity index (χ0v) is 22.4. The molecule has 0 heterocycles. The van der Waals surface area contributed by atoms with E-state index in [-0.39, 0.29) is 5.41 Å². The van der Waals surface area contributed by atoms with E-state index >= 15 is 0 Å². The summed E-state index contributed by atoms with van der Waals surface area (Å²) in [6.07, 6.45) is 6.83. The first-order valence-electron chi connectivity index (χ1n) is 14.2. The predicted molar refractivity (Wildman–Crippen MR) is 162 cm³/mol. The van der Waals surface area contributed by atoms with Gasteiger partial charge in [0.05, 0.1) is 0 Å². The van der Waals surface area contributed by atoms with Crippen LogP contribution in [-0.2, 0) is 5.41 Å². The van der Waals surface area contributed by atoms with E-state index in [0.717, 1.165) is 17.3 Å². The lowest BCUT2D eigenvalue weighted by atomic mass is 9.78. The van der Waals surface area contributed by atoms with Crippen molar-refractivity contribution in [1.82, 2.24) is 0 Å². The molecule has 0 atom stereocenters. The Morgan fingerprint density at radius 2 is 1.26 bits per heavy atom. The molecule has 0 radical (unpaired) electrons. The van der Waals surface area contributed by atoms with Crippen LogP contribution in [0.3, 0.4) is 0 Å². The molecule has 38 heavy (non-hydrogen) atoms. The minimum atomic E-state index is -0.0965. The van der Waals surface area contributed by atoms with Crippen LogP contribution in [0.1, 0.15) is 68.6 Å². The Labute approximate surface area is 226 Å². The number of rotatable bonds is 4. The van der Waals surface area contributed by atoms with E-state index in [1.807, 2.05) is 0 Å². The molecule has 1 N–H and O–H groups in total. The Morgan fingerprint density at radius 1 is 0.605 bits per heavy atom. The molecule has 7 rings (SSSR count). The van der Waals surface area contributed by atoms with Crippen molar-refractivity contribution in [2.24, 2.45) is 0 Å². The zero-order chi connectivity index (χ0) is 25.7. The van der Waals surface area contributed by atoms with Crippen molar-refractivity contribution in [1.29, 1.82) is 0 Å². The number of fused-ring (bicyclic) bond motifs is 4. The fourth-order valence-electron chi connectivity index (χ4n) is 7.08. The maximum Gasteiger partial charge on any atom is 0.0387 e. The van der Waals surface area contributed by atoms with Crippen LogP contribution in [0.4, 0.5) is 11.4 Å². The highest BCUT2D eigenvalue weighted by molar-refractivity contribution is 6.00. The minimum absolute atomic E-state index is 0.0965. The third-order valence-corrected chi connectivity index (χ3v) is 9.03. The highest BCUT2D eigenvalue weighted by Crippen LogP contribution is 2.53. The van der Waals surface area contributed by atoms with Gasteiger partial charge in [-0.05, 0) is 92.7 Å². The summed E-state index contributed by atoms with van der Waals surface area (Å²) < 4.78 is 0. The Morgan fingerprint density at radius 3 is 2.08 bits per heavy atom. The molecule has 1 nitrogen and oxygen atoms in total. The van der Waals surface area contributed by atoms with Crippen LogP contribution in [0, 0.1) is 0 Å². The Kier molecular flexibility index (Phi) is 5.62. The molecule has 5 aromatic carbocycles. The smallest absolute Gasteiger partial charge is 0.0387 e. The third-order valence-electron chi connectivity index (χ3n) is 9.03. The van der Waals surface area contributed by atoms with Crippen molar-refractivity contribution in [3.8, 4) is 22.3 Å². The van der Waals surface area contributed by atoms with E-state index in [9.17, 15) is 0 Å². The van der Waals surface area contributed by atoms with Crippen LogP contribution in [0.25, 0.3) is 33.0 Å². The van der Waals surface area contributed by atoms with Gasteiger partial charge in [0.25, 0.3) is 0 Å². The van der Waals surface area contributed by atoms with Gasteiger partial charge in [-0.3, -0.25) is 0 Å². The fraction of sp³-hybridized carbons (Fsp3) is 0.243. The summed E-state index contributed by atoms with van der Waals surface area (Å²) >= 11 is 0. The number of anilines is 2. The van der Waals surface area contributed by atoms with Crippen molar-refractivity contribution < 1.29 is 0 Å². The molecule has 0 aromatic heterocycles. The van der Waals surface area contributed by atoms with E-state index in [0.29, 0.717) is 0 Å². The van der Waals surface area contributed by atoms with E-state index in [2.05, 4.69) is 122 Å². The highest BCUT2D eigenvalue weighted by Gasteiger charge is 2.37. The van der Waals surface area contributed by atoms with Gasteiger partial charge in [-0.25, -0.2) is 0 Å². The second-order valence-corrected chi connectivity index (χ2v) is 11.7. The number of hydrogen-bond donors (Lipinski definition) is 1. The molecule has 0 unspecified atom stereocenters. The molecule has 0 spiro atoms. The summed E-state index contributed by atoms with van der Waals surface area (Å²) in [5, 5.41) is 6.30. The lowest BCUT2D eigenvalue weighted by Gasteiger charge is -2.25. The van der Waals surface area contributed by atoms with Gasteiger partial charge >= 0.3 is 0 Å². The third kappa shape index (κ3) is 3.84. The maximum atomic E-state index is 3.70. The van der Waals surface area contributed by atoms with Gasteiger partial charge in [-0.2, -0.15) is 0 Å². The van der Waals surface area contributed by atoms with Crippen molar-refractivity contribution >= 4 is 22.1 Å². The van der Waals surface area contributed by atoms with Gasteiger partial charge in [0.1, 0.15) is 0 Å². The summed E-state index contributed by atoms with van der Waals surface area (Å²) in [5.41, 5.74) is 11.9. The first-order valence-corrected chi connectivity index (χ1v) is 14.2. The molecule has 1 saturated carbocycles. The van der Waals surface area contributed by atoms with Crippen LogP contribution in [0.2, 0.25) is 0 Å². The standard InChI is InChI=1S/C37H35N/c1-37(2)35-24-29(38-28-20-18-26(19-21-28)25-10-4-3-5-11-25)22-23-32(35)34-17-9-16-33(36(34)37)31-15-8-13-27-12-6-7-14-30(27)31/h6-9,12-25,38H,3-5,10-11H2,1-2H3. The highest BCUT2D eigenvalue weighted by atomic mass is 14.9. The zero-order valence-electron chi connectivity index (χ0n) is 22.4. The van der Waals surface area contributed by atoms with Gasteiger partial charge in [0, 0.05) is 16.8 Å². The maximum absolute atomic E-state index is 3.70. The van der Waals surface area contributed by atoms with Gasteiger partial charge in [-0.15, -0.1) is 0 Å². The molecule has 2 aliphatic rings. The summed E-state index contributed by atoms with van der Waals surface area (Å²) in [7, 11) is 0. The first-order chi connectivity index (χ1) is 18.6. The molecule has 0 saturated heterocycles. The molecule has 1 heteroatoms. The van der Waals surface area contributed by atoms with Gasteiger partial charge in [-0.1, -0.05) is 112 Å². The molecule has 188 valence electrons. The van der Waals surface area contributed by atoms with Crippen LogP contribution < -0.4 is 5.32 Å². The second-order valence-electron chi connectivity index (χ2n) is 11.7. The van der Waals surface area contributed by atoms with Crippen LogP contribution >= 0.6 is 0 Å². The first kappa shape index (κ1) is 23.3. The monoisotopic (exact) mass is 493 g/mol. The molecular weight excluding hydrogens is 458 g/mol. The van der Waals surface area contributed by atoms with E-state index in [4.69, 9.17) is 0 Å². The molecule has 0 amide bonds. The molecule has 1 fully saturated rings. The molecule has 0 aliphatic heterocycles. The normalized spacial score (nSPS) is 16.3. The molecular formula is C37H35N. The number of benzene rings is 5. The van der Waals surface area contributed by atoms with E-state index in [1.165, 1.54) is 81.8 Å². The quantitative estimate of drug-likeness (QED) is 0.262. The predicted octanol–water partition coefficient (Wildman–Crippen LogP) is 10.6. The second kappa shape index (κ2) is 9.17. The lowest BCUT2D eigenvalue weighted by molar-refractivity contribution is 0.443. The van der Waals surface area contributed by atoms with Crippen molar-refractivity contribution in [2.75, 3.05) is 5.32 Å². The van der Waals surface area contributed by atoms with Gasteiger partial charge in [0.2, 0.25) is 0 Å². The minimum Gasteiger partial charge on any atom is -0.356 e. The number of nitrogens with one attached hydrogen (secondary N) is 1. The van der Waals surface area contributed by atoms with Crippen LogP contribution in [0.15, 0.2) is 103 Å². The molecule has 5 aromatic rings. The van der Waals surface area contributed by atoms with Crippen LogP contribution in [0.5, 0.6) is 0 Å². The van der Waals surface area contributed by atoms with Crippen LogP contribution in [-0.4, -0.2) is 0 Å². The lowest BCUT2D eigenvalue weighted by Crippen LogP contribution is -2.16. The van der Waals surface area contributed by atoms with Gasteiger partial charge < -0.3 is 5.32 Å². The fourth-order valence-corrected chi connectivity index (χ4v) is 7.08. The van der Waals surface area contributed by atoms with E-state index < -0.39 is 0 Å². The SMILES string of the molecule is CC1(C)c2cc(Nc3ccc(C4CCCCC4)cc3)ccc2-c2cccc(-c3cccc4ccccc34)c21. The van der Waals surface area contributed by atoms with Crippen molar-refractivity contribution in [3.63, 3.8) is 0 Å². The van der Waals surface area contributed by atoms with Crippen molar-refractivity contribution in [3.05, 3.63) is 120 Å². The van der Waals surface area contributed by atoms with Crippen molar-refractivity contribution in [2.45, 2.75) is 57.3 Å². The summed E-state index contributed by atoms with van der Waals surface area (Å²) in [4.78, 5) is 0. The average Bonchev–Trinajstić information content (AvgIpc) is 3.20. The number of hydrogen-bond acceptors (Lipinski definition) is 1. The van der Waals surface area contributed by atoms with E-state index in [1.54, 1.807) is 0 Å².